The van der Waals surface area contributed by atoms with E-state index in [1.165, 1.54) is 29.0 Å². The third kappa shape index (κ3) is 4.30. The second-order valence-corrected chi connectivity index (χ2v) is 6.23. The van der Waals surface area contributed by atoms with Crippen LogP contribution < -0.4 is 16.6 Å². The number of nitrogens with zero attached hydrogens (tertiary/aromatic N) is 1. The number of carbonyl (C=O) groups excluding carboxylic acids is 2. The Bertz CT molecular complexity index is 1050. The van der Waals surface area contributed by atoms with E-state index < -0.39 is 11.8 Å². The first-order valence-corrected chi connectivity index (χ1v) is 8.40. The van der Waals surface area contributed by atoms with Gasteiger partial charge in [0.05, 0.1) is 23.4 Å². The summed E-state index contributed by atoms with van der Waals surface area (Å²) in [5, 5.41) is 2.67. The molecule has 136 valence electrons. The van der Waals surface area contributed by atoms with Gasteiger partial charge in [-0.2, -0.15) is 0 Å². The monoisotopic (exact) mass is 361 g/mol. The largest absolute Gasteiger partial charge is 0.366 e. The van der Waals surface area contributed by atoms with E-state index in [1.807, 2.05) is 31.2 Å². The van der Waals surface area contributed by atoms with Gasteiger partial charge in [-0.05, 0) is 30.7 Å². The van der Waals surface area contributed by atoms with Gasteiger partial charge in [-0.3, -0.25) is 14.4 Å². The molecule has 0 saturated carbocycles. The molecule has 0 aliphatic rings. The fraction of sp³-hybridized carbons (Fsp3) is 0.0952. The van der Waals surface area contributed by atoms with Crippen molar-refractivity contribution in [2.45, 2.75) is 13.5 Å². The number of hydrogen-bond acceptors (Lipinski definition) is 3. The molecule has 3 N–H and O–H groups in total. The Labute approximate surface area is 156 Å². The van der Waals surface area contributed by atoms with Gasteiger partial charge in [0.2, 0.25) is 0 Å². The summed E-state index contributed by atoms with van der Waals surface area (Å²) in [6.07, 6.45) is 1.50. The summed E-state index contributed by atoms with van der Waals surface area (Å²) in [6, 6.07) is 17.1. The molecule has 0 spiro atoms. The average Bonchev–Trinajstić information content (AvgIpc) is 2.65. The molecule has 27 heavy (non-hydrogen) atoms. The zero-order valence-corrected chi connectivity index (χ0v) is 14.8. The van der Waals surface area contributed by atoms with Gasteiger partial charge in [-0.15, -0.1) is 0 Å². The Hall–Kier alpha value is -3.67. The lowest BCUT2D eigenvalue weighted by Crippen LogP contribution is -2.23. The highest BCUT2D eigenvalue weighted by Gasteiger charge is 2.13. The van der Waals surface area contributed by atoms with Crippen LogP contribution >= 0.6 is 0 Å². The molecule has 0 unspecified atom stereocenters. The Balaban J connectivity index is 1.85. The van der Waals surface area contributed by atoms with Crippen molar-refractivity contribution in [2.24, 2.45) is 5.73 Å². The first kappa shape index (κ1) is 18.1. The number of primary amides is 1. The molecule has 1 heterocycles. The minimum Gasteiger partial charge on any atom is -0.366 e. The van der Waals surface area contributed by atoms with E-state index in [0.717, 1.165) is 11.1 Å². The van der Waals surface area contributed by atoms with Gasteiger partial charge in [-0.1, -0.05) is 42.0 Å². The van der Waals surface area contributed by atoms with Crippen molar-refractivity contribution in [1.82, 2.24) is 4.57 Å². The average molecular weight is 361 g/mol. The second kappa shape index (κ2) is 7.70. The third-order valence-corrected chi connectivity index (χ3v) is 4.16. The van der Waals surface area contributed by atoms with Gasteiger partial charge in [0.25, 0.3) is 17.4 Å². The lowest BCUT2D eigenvalue weighted by Gasteiger charge is -2.11. The summed E-state index contributed by atoms with van der Waals surface area (Å²) in [6.45, 7) is 2.35. The molecule has 3 aromatic rings. The van der Waals surface area contributed by atoms with Crippen molar-refractivity contribution in [1.29, 1.82) is 0 Å². The molecule has 6 heteroatoms. The van der Waals surface area contributed by atoms with E-state index >= 15 is 0 Å². The molecular weight excluding hydrogens is 342 g/mol. The molecule has 0 bridgehead atoms. The standard InChI is InChI=1S/C21H19N3O3/c1-14-6-8-15(9-7-14)12-24-13-16(10-11-19(24)25)21(27)23-18-5-3-2-4-17(18)20(22)26/h2-11,13H,12H2,1H3,(H2,22,26)(H,23,27). The number of aryl methyl sites for hydroxylation is 1. The van der Waals surface area contributed by atoms with Crippen LogP contribution in [-0.2, 0) is 6.54 Å². The second-order valence-electron chi connectivity index (χ2n) is 6.23. The van der Waals surface area contributed by atoms with E-state index in [1.54, 1.807) is 18.2 Å². The molecule has 0 radical (unpaired) electrons. The number of aromatic nitrogens is 1. The SMILES string of the molecule is Cc1ccc(Cn2cc(C(=O)Nc3ccccc3C(N)=O)ccc2=O)cc1. The Morgan fingerprint density at radius 2 is 1.70 bits per heavy atom. The molecule has 0 aliphatic heterocycles. The summed E-state index contributed by atoms with van der Waals surface area (Å²) >= 11 is 0. The van der Waals surface area contributed by atoms with Gasteiger partial charge >= 0.3 is 0 Å². The molecule has 6 nitrogen and oxygen atoms in total. The van der Waals surface area contributed by atoms with E-state index in [4.69, 9.17) is 5.73 Å². The van der Waals surface area contributed by atoms with Crippen molar-refractivity contribution < 1.29 is 9.59 Å². The molecule has 2 aromatic carbocycles. The number of nitrogens with two attached hydrogens (primary N) is 1. The van der Waals surface area contributed by atoms with Crippen molar-refractivity contribution in [3.8, 4) is 0 Å². The highest BCUT2D eigenvalue weighted by Crippen LogP contribution is 2.15. The zero-order chi connectivity index (χ0) is 19.4. The highest BCUT2D eigenvalue weighted by molar-refractivity contribution is 6.08. The van der Waals surface area contributed by atoms with E-state index in [9.17, 15) is 14.4 Å². The zero-order valence-electron chi connectivity index (χ0n) is 14.8. The number of anilines is 1. The number of pyridine rings is 1. The summed E-state index contributed by atoms with van der Waals surface area (Å²) < 4.78 is 1.47. The van der Waals surface area contributed by atoms with Gasteiger partial charge in [0, 0.05) is 12.3 Å². The normalized spacial score (nSPS) is 10.4. The van der Waals surface area contributed by atoms with E-state index in [-0.39, 0.29) is 11.1 Å². The van der Waals surface area contributed by atoms with Crippen molar-refractivity contribution >= 4 is 17.5 Å². The Morgan fingerprint density at radius 3 is 2.41 bits per heavy atom. The summed E-state index contributed by atoms with van der Waals surface area (Å²) in [5.74, 6) is -1.06. The molecule has 0 atom stereocenters. The number of para-hydroxylation sites is 1. The third-order valence-electron chi connectivity index (χ3n) is 4.16. The van der Waals surface area contributed by atoms with Crippen LogP contribution in [0.4, 0.5) is 5.69 Å². The minimum absolute atomic E-state index is 0.204. The van der Waals surface area contributed by atoms with Crippen LogP contribution in [0.1, 0.15) is 31.8 Å². The number of rotatable bonds is 5. The molecule has 0 aliphatic carbocycles. The van der Waals surface area contributed by atoms with Gasteiger partial charge < -0.3 is 15.6 Å². The van der Waals surface area contributed by atoms with Crippen LogP contribution in [-0.4, -0.2) is 16.4 Å². The summed E-state index contributed by atoms with van der Waals surface area (Å²) in [7, 11) is 0. The predicted molar refractivity (Wildman–Crippen MR) is 104 cm³/mol. The number of amides is 2. The molecule has 0 saturated heterocycles. The molecular formula is C21H19N3O3. The number of carbonyl (C=O) groups is 2. The smallest absolute Gasteiger partial charge is 0.257 e. The Kier molecular flexibility index (Phi) is 5.17. The molecule has 1 aromatic heterocycles. The van der Waals surface area contributed by atoms with Crippen LogP contribution in [0.25, 0.3) is 0 Å². The maximum atomic E-state index is 12.6. The van der Waals surface area contributed by atoms with Crippen molar-refractivity contribution in [3.05, 3.63) is 99.5 Å². The van der Waals surface area contributed by atoms with Crippen LogP contribution in [0, 0.1) is 6.92 Å². The van der Waals surface area contributed by atoms with Crippen molar-refractivity contribution in [2.75, 3.05) is 5.32 Å². The molecule has 3 rings (SSSR count). The number of nitrogens with one attached hydrogen (secondary N) is 1. The lowest BCUT2D eigenvalue weighted by atomic mass is 10.1. The van der Waals surface area contributed by atoms with Gasteiger partial charge in [-0.25, -0.2) is 0 Å². The highest BCUT2D eigenvalue weighted by atomic mass is 16.2. The maximum absolute atomic E-state index is 12.6. The van der Waals surface area contributed by atoms with Crippen LogP contribution in [0.15, 0.2) is 71.7 Å². The Morgan fingerprint density at radius 1 is 1.00 bits per heavy atom. The topological polar surface area (TPSA) is 94.2 Å². The van der Waals surface area contributed by atoms with Crippen LogP contribution in [0.3, 0.4) is 0 Å². The van der Waals surface area contributed by atoms with Gasteiger partial charge in [0.15, 0.2) is 0 Å². The first-order valence-electron chi connectivity index (χ1n) is 8.40. The summed E-state index contributed by atoms with van der Waals surface area (Å²) in [4.78, 5) is 36.2. The summed E-state index contributed by atoms with van der Waals surface area (Å²) in [5.41, 5.74) is 8.07. The fourth-order valence-electron chi connectivity index (χ4n) is 2.68. The first-order chi connectivity index (χ1) is 12.9. The maximum Gasteiger partial charge on any atom is 0.257 e. The predicted octanol–water partition coefficient (Wildman–Crippen LogP) is 2.56. The number of hydrogen-bond donors (Lipinski definition) is 2. The number of benzene rings is 2. The van der Waals surface area contributed by atoms with Crippen LogP contribution in [0.5, 0.6) is 0 Å². The lowest BCUT2D eigenvalue weighted by molar-refractivity contribution is 0.100. The van der Waals surface area contributed by atoms with Gasteiger partial charge in [0.1, 0.15) is 0 Å². The fourth-order valence-corrected chi connectivity index (χ4v) is 2.68. The van der Waals surface area contributed by atoms with Crippen molar-refractivity contribution in [3.63, 3.8) is 0 Å². The van der Waals surface area contributed by atoms with E-state index in [0.29, 0.717) is 17.8 Å². The van der Waals surface area contributed by atoms with Crippen LogP contribution in [0.2, 0.25) is 0 Å². The molecule has 0 fully saturated rings. The molecule has 2 amide bonds. The minimum atomic E-state index is -0.629. The van der Waals surface area contributed by atoms with E-state index in [2.05, 4.69) is 5.32 Å². The quantitative estimate of drug-likeness (QED) is 0.731.